The minimum Gasteiger partial charge on any atom is -0.335 e. The van der Waals surface area contributed by atoms with Crippen molar-refractivity contribution in [1.82, 2.24) is 9.21 Å². The maximum absolute atomic E-state index is 12.5. The van der Waals surface area contributed by atoms with Crippen LogP contribution in [0.2, 0.25) is 0 Å². The molecule has 2 rings (SSSR count). The van der Waals surface area contributed by atoms with Crippen molar-refractivity contribution in [2.24, 2.45) is 5.73 Å². The van der Waals surface area contributed by atoms with Crippen LogP contribution in [0.5, 0.6) is 0 Å². The number of hydrogen-bond donors (Lipinski definition) is 1. The molecule has 0 aromatic carbocycles. The molecule has 1 aliphatic heterocycles. The summed E-state index contributed by atoms with van der Waals surface area (Å²) in [5.41, 5.74) is 6.02. The van der Waals surface area contributed by atoms with Crippen LogP contribution in [0, 0.1) is 11.8 Å². The van der Waals surface area contributed by atoms with Gasteiger partial charge < -0.3 is 10.6 Å². The number of piperazine rings is 1. The number of nitrogens with zero attached hydrogens (tertiary/aromatic N) is 2. The van der Waals surface area contributed by atoms with Gasteiger partial charge in [-0.1, -0.05) is 11.8 Å². The Morgan fingerprint density at radius 3 is 2.62 bits per heavy atom. The van der Waals surface area contributed by atoms with E-state index in [1.807, 2.05) is 5.38 Å². The van der Waals surface area contributed by atoms with E-state index in [4.69, 9.17) is 5.73 Å². The van der Waals surface area contributed by atoms with Gasteiger partial charge in [-0.3, -0.25) is 4.79 Å². The van der Waals surface area contributed by atoms with E-state index in [0.717, 1.165) is 0 Å². The van der Waals surface area contributed by atoms with Crippen molar-refractivity contribution in [2.45, 2.75) is 0 Å². The van der Waals surface area contributed by atoms with E-state index in [2.05, 4.69) is 11.8 Å². The highest BCUT2D eigenvalue weighted by molar-refractivity contribution is 7.88. The second-order valence-corrected chi connectivity index (χ2v) is 7.52. The lowest BCUT2D eigenvalue weighted by atomic mass is 10.2. The van der Waals surface area contributed by atoms with Crippen LogP contribution in [-0.4, -0.2) is 62.5 Å². The van der Waals surface area contributed by atoms with E-state index >= 15 is 0 Å². The number of amides is 1. The second kappa shape index (κ2) is 6.58. The summed E-state index contributed by atoms with van der Waals surface area (Å²) in [4.78, 5) is 14.7. The maximum atomic E-state index is 12.5. The number of sulfonamides is 1. The molecular weight excluding hydrogens is 310 g/mol. The van der Waals surface area contributed by atoms with Crippen molar-refractivity contribution in [3.05, 3.63) is 21.9 Å². The summed E-state index contributed by atoms with van der Waals surface area (Å²) < 4.78 is 24.3. The van der Waals surface area contributed by atoms with E-state index in [1.54, 1.807) is 11.0 Å². The van der Waals surface area contributed by atoms with Gasteiger partial charge in [0, 0.05) is 31.7 Å². The molecule has 114 valence electrons. The Morgan fingerprint density at radius 2 is 2.05 bits per heavy atom. The van der Waals surface area contributed by atoms with Crippen LogP contribution in [0.15, 0.2) is 11.4 Å². The molecule has 1 amide bonds. The monoisotopic (exact) mass is 327 g/mol. The summed E-state index contributed by atoms with van der Waals surface area (Å²) in [5.74, 6) is 5.53. The van der Waals surface area contributed by atoms with E-state index in [0.29, 0.717) is 36.6 Å². The molecule has 0 atom stereocenters. The summed E-state index contributed by atoms with van der Waals surface area (Å²) in [5, 5.41) is 1.82. The molecule has 21 heavy (non-hydrogen) atoms. The van der Waals surface area contributed by atoms with Crippen LogP contribution < -0.4 is 5.73 Å². The number of hydrogen-bond acceptors (Lipinski definition) is 5. The molecular formula is C13H17N3O3S2. The highest BCUT2D eigenvalue weighted by Crippen LogP contribution is 2.19. The predicted molar refractivity (Wildman–Crippen MR) is 82.6 cm³/mol. The zero-order valence-electron chi connectivity index (χ0n) is 11.7. The van der Waals surface area contributed by atoms with Crippen LogP contribution in [0.3, 0.4) is 0 Å². The van der Waals surface area contributed by atoms with Crippen molar-refractivity contribution in [2.75, 3.05) is 39.0 Å². The van der Waals surface area contributed by atoms with Gasteiger partial charge in [0.05, 0.1) is 12.8 Å². The maximum Gasteiger partial charge on any atom is 0.265 e. The summed E-state index contributed by atoms with van der Waals surface area (Å²) >= 11 is 1.34. The van der Waals surface area contributed by atoms with Gasteiger partial charge in [0.25, 0.3) is 5.91 Å². The topological polar surface area (TPSA) is 83.7 Å². The zero-order chi connectivity index (χ0) is 15.5. The van der Waals surface area contributed by atoms with Gasteiger partial charge in [-0.2, -0.15) is 4.31 Å². The molecule has 2 N–H and O–H groups in total. The van der Waals surface area contributed by atoms with E-state index in [9.17, 15) is 13.2 Å². The Morgan fingerprint density at radius 1 is 1.38 bits per heavy atom. The minimum atomic E-state index is -3.19. The summed E-state index contributed by atoms with van der Waals surface area (Å²) in [7, 11) is -3.19. The lowest BCUT2D eigenvalue weighted by Crippen LogP contribution is -2.50. The van der Waals surface area contributed by atoms with Crippen LogP contribution in [0.25, 0.3) is 0 Å². The molecule has 0 spiro atoms. The van der Waals surface area contributed by atoms with Crippen LogP contribution >= 0.6 is 11.3 Å². The van der Waals surface area contributed by atoms with Crippen molar-refractivity contribution in [1.29, 1.82) is 0 Å². The van der Waals surface area contributed by atoms with Gasteiger partial charge >= 0.3 is 0 Å². The average Bonchev–Trinajstić information content (AvgIpc) is 2.92. The Bertz CT molecular complexity index is 677. The molecule has 8 heteroatoms. The first-order chi connectivity index (χ1) is 9.93. The number of thiophene rings is 1. The summed E-state index contributed by atoms with van der Waals surface area (Å²) in [6.45, 7) is 1.71. The van der Waals surface area contributed by atoms with E-state index in [-0.39, 0.29) is 12.5 Å². The lowest BCUT2D eigenvalue weighted by molar-refractivity contribution is 0.0703. The Kier molecular flexibility index (Phi) is 5.00. The predicted octanol–water partition coefficient (Wildman–Crippen LogP) is -0.224. The first kappa shape index (κ1) is 16.0. The Labute approximate surface area is 128 Å². The fraction of sp³-hybridized carbons (Fsp3) is 0.462. The minimum absolute atomic E-state index is 0.0977. The molecule has 2 heterocycles. The fourth-order valence-corrected chi connectivity index (χ4v) is 3.73. The number of rotatable bonds is 2. The highest BCUT2D eigenvalue weighted by atomic mass is 32.2. The van der Waals surface area contributed by atoms with Crippen LogP contribution in [0.4, 0.5) is 0 Å². The van der Waals surface area contributed by atoms with Crippen molar-refractivity contribution < 1.29 is 13.2 Å². The molecule has 1 fully saturated rings. The smallest absolute Gasteiger partial charge is 0.265 e. The van der Waals surface area contributed by atoms with Crippen LogP contribution in [0.1, 0.15) is 15.2 Å². The third-order valence-electron chi connectivity index (χ3n) is 3.18. The number of carbonyl (C=O) groups excluding carboxylic acids is 1. The molecule has 1 aromatic heterocycles. The van der Waals surface area contributed by atoms with Crippen molar-refractivity contribution in [3.63, 3.8) is 0 Å². The summed E-state index contributed by atoms with van der Waals surface area (Å²) in [6, 6.07) is 1.80. The second-order valence-electron chi connectivity index (χ2n) is 4.62. The van der Waals surface area contributed by atoms with Crippen LogP contribution in [-0.2, 0) is 10.0 Å². The molecule has 1 aliphatic rings. The van der Waals surface area contributed by atoms with Crippen molar-refractivity contribution in [3.8, 4) is 11.8 Å². The normalized spacial score (nSPS) is 16.4. The van der Waals surface area contributed by atoms with Gasteiger partial charge in [-0.25, -0.2) is 8.42 Å². The Hall–Kier alpha value is -1.40. The van der Waals surface area contributed by atoms with Gasteiger partial charge in [-0.15, -0.1) is 11.3 Å². The van der Waals surface area contributed by atoms with E-state index in [1.165, 1.54) is 21.9 Å². The molecule has 0 radical (unpaired) electrons. The van der Waals surface area contributed by atoms with Crippen molar-refractivity contribution >= 4 is 27.3 Å². The highest BCUT2D eigenvalue weighted by Gasteiger charge is 2.27. The molecule has 1 aromatic rings. The lowest BCUT2D eigenvalue weighted by Gasteiger charge is -2.33. The zero-order valence-corrected chi connectivity index (χ0v) is 13.3. The standard InChI is InChI=1S/C13H17N3O3S2/c1-21(18,19)16-8-6-15(7-9-16)13(17)12-11(3-2-5-14)4-10-20-12/h4,10H,5-9,14H2,1H3. The van der Waals surface area contributed by atoms with Gasteiger partial charge in [0.15, 0.2) is 0 Å². The number of nitrogens with two attached hydrogens (primary N) is 1. The van der Waals surface area contributed by atoms with Gasteiger partial charge in [0.2, 0.25) is 10.0 Å². The molecule has 0 saturated carbocycles. The molecule has 0 unspecified atom stereocenters. The van der Waals surface area contributed by atoms with E-state index < -0.39 is 10.0 Å². The molecule has 0 aliphatic carbocycles. The molecule has 6 nitrogen and oxygen atoms in total. The quantitative estimate of drug-likeness (QED) is 0.761. The van der Waals surface area contributed by atoms with Gasteiger partial charge in [-0.05, 0) is 11.4 Å². The largest absolute Gasteiger partial charge is 0.335 e. The third-order valence-corrected chi connectivity index (χ3v) is 5.39. The summed E-state index contributed by atoms with van der Waals surface area (Å²) in [6.07, 6.45) is 1.18. The third kappa shape index (κ3) is 3.83. The first-order valence-corrected chi connectivity index (χ1v) is 9.17. The first-order valence-electron chi connectivity index (χ1n) is 6.44. The Balaban J connectivity index is 2.08. The SMILES string of the molecule is CS(=O)(=O)N1CCN(C(=O)c2sccc2C#CCN)CC1. The number of carbonyl (C=O) groups is 1. The fourth-order valence-electron chi connectivity index (χ4n) is 2.09. The molecule has 1 saturated heterocycles. The average molecular weight is 327 g/mol. The molecule has 0 bridgehead atoms. The van der Waals surface area contributed by atoms with Gasteiger partial charge in [0.1, 0.15) is 4.88 Å².